The van der Waals surface area contributed by atoms with E-state index in [1.165, 1.54) is 12.1 Å². The molecule has 1 saturated carbocycles. The molecule has 1 aliphatic heterocycles. The van der Waals surface area contributed by atoms with Crippen LogP contribution in [0.5, 0.6) is 0 Å². The molecule has 3 rings (SSSR count). The summed E-state index contributed by atoms with van der Waals surface area (Å²) in [5, 5.41) is 3.36. The summed E-state index contributed by atoms with van der Waals surface area (Å²) in [5.74, 6) is 0.658. The Labute approximate surface area is 123 Å². The lowest BCUT2D eigenvalue weighted by molar-refractivity contribution is -0.127. The van der Waals surface area contributed by atoms with Crippen LogP contribution in [-0.2, 0) is 9.59 Å². The monoisotopic (exact) mass is 292 g/mol. The molecule has 1 unspecified atom stereocenters. The molecule has 2 aliphatic carbocycles. The normalized spacial score (nSPS) is 25.8. The Balaban J connectivity index is 1.50. The molecule has 1 amide bonds. The third-order valence-corrected chi connectivity index (χ3v) is 5.69. The number of nitrogens with one attached hydrogen (secondary N) is 1. The third-order valence-electron chi connectivity index (χ3n) is 4.28. The number of thioether (sulfide) groups is 1. The average Bonchev–Trinajstić information content (AvgIpc) is 2.63. The van der Waals surface area contributed by atoms with Gasteiger partial charge in [0.25, 0.3) is 0 Å². The summed E-state index contributed by atoms with van der Waals surface area (Å²) in [6, 6.07) is 0. The molecule has 1 heterocycles. The molecule has 1 saturated heterocycles. The second kappa shape index (κ2) is 5.64. The predicted octanol–water partition coefficient (Wildman–Crippen LogP) is 2.04. The molecule has 1 N–H and O–H groups in total. The summed E-state index contributed by atoms with van der Waals surface area (Å²) in [7, 11) is 2.06. The molecular weight excluding hydrogens is 272 g/mol. The Hall–Kier alpha value is -1.23. The third kappa shape index (κ3) is 2.64. The van der Waals surface area contributed by atoms with Crippen LogP contribution >= 0.6 is 11.8 Å². The van der Waals surface area contributed by atoms with Crippen molar-refractivity contribution in [2.75, 3.05) is 13.6 Å². The van der Waals surface area contributed by atoms with Gasteiger partial charge in [-0.15, -0.1) is 0 Å². The largest absolute Gasteiger partial charge is 0.362 e. The Morgan fingerprint density at radius 2 is 2.30 bits per heavy atom. The number of amides is 1. The van der Waals surface area contributed by atoms with Crippen LogP contribution in [0.4, 0.5) is 0 Å². The highest BCUT2D eigenvalue weighted by Crippen LogP contribution is 2.43. The minimum atomic E-state index is 0.184. The number of carbonyl (C=O) groups excluding carboxylic acids is 2. The molecule has 0 radical (unpaired) electrons. The van der Waals surface area contributed by atoms with Crippen LogP contribution in [0.1, 0.15) is 32.1 Å². The Morgan fingerprint density at radius 3 is 3.00 bits per heavy atom. The zero-order valence-electron chi connectivity index (χ0n) is 11.7. The maximum atomic E-state index is 11.8. The predicted molar refractivity (Wildman–Crippen MR) is 79.9 cm³/mol. The van der Waals surface area contributed by atoms with E-state index in [4.69, 9.17) is 0 Å². The first-order chi connectivity index (χ1) is 9.65. The molecule has 20 heavy (non-hydrogen) atoms. The van der Waals surface area contributed by atoms with Crippen molar-refractivity contribution in [3.63, 3.8) is 0 Å². The SMILES string of the molecule is CN1C2=CCC(=O)C=C2SC1CCNC(=O)C1CCC1. The highest BCUT2D eigenvalue weighted by atomic mass is 32.2. The minimum Gasteiger partial charge on any atom is -0.362 e. The van der Waals surface area contributed by atoms with Crippen LogP contribution in [0, 0.1) is 5.92 Å². The molecule has 4 nitrogen and oxygen atoms in total. The number of allylic oxidation sites excluding steroid dienone is 2. The van der Waals surface area contributed by atoms with Crippen molar-refractivity contribution in [2.45, 2.75) is 37.5 Å². The van der Waals surface area contributed by atoms with Gasteiger partial charge in [0.15, 0.2) is 5.78 Å². The maximum Gasteiger partial charge on any atom is 0.223 e. The van der Waals surface area contributed by atoms with Gasteiger partial charge in [-0.25, -0.2) is 0 Å². The van der Waals surface area contributed by atoms with Gasteiger partial charge in [0, 0.05) is 36.5 Å². The highest BCUT2D eigenvalue weighted by molar-refractivity contribution is 8.04. The van der Waals surface area contributed by atoms with E-state index in [0.29, 0.717) is 18.3 Å². The van der Waals surface area contributed by atoms with Crippen molar-refractivity contribution in [3.8, 4) is 0 Å². The lowest BCUT2D eigenvalue weighted by Crippen LogP contribution is -2.36. The molecule has 3 aliphatic rings. The summed E-state index contributed by atoms with van der Waals surface area (Å²) in [6.07, 6.45) is 8.46. The van der Waals surface area contributed by atoms with E-state index < -0.39 is 0 Å². The minimum absolute atomic E-state index is 0.184. The molecule has 0 aromatic heterocycles. The zero-order valence-corrected chi connectivity index (χ0v) is 12.5. The molecule has 108 valence electrons. The van der Waals surface area contributed by atoms with Gasteiger partial charge < -0.3 is 10.2 Å². The quantitative estimate of drug-likeness (QED) is 0.861. The van der Waals surface area contributed by atoms with E-state index in [0.717, 1.165) is 24.2 Å². The number of likely N-dealkylation sites (N-methyl/N-ethyl adjacent to an activating group) is 1. The van der Waals surface area contributed by atoms with Gasteiger partial charge in [-0.05, 0) is 25.3 Å². The van der Waals surface area contributed by atoms with Gasteiger partial charge in [0.2, 0.25) is 5.91 Å². The summed E-state index contributed by atoms with van der Waals surface area (Å²) < 4.78 is 0. The van der Waals surface area contributed by atoms with Gasteiger partial charge >= 0.3 is 0 Å². The highest BCUT2D eigenvalue weighted by Gasteiger charge is 2.32. The first-order valence-electron chi connectivity index (χ1n) is 7.27. The van der Waals surface area contributed by atoms with E-state index in [1.807, 2.05) is 6.08 Å². The Kier molecular flexibility index (Phi) is 3.87. The van der Waals surface area contributed by atoms with Gasteiger partial charge in [-0.1, -0.05) is 24.3 Å². The maximum absolute atomic E-state index is 11.8. The first-order valence-corrected chi connectivity index (χ1v) is 8.15. The van der Waals surface area contributed by atoms with Crippen molar-refractivity contribution in [2.24, 2.45) is 5.92 Å². The van der Waals surface area contributed by atoms with E-state index in [-0.39, 0.29) is 17.6 Å². The second-order valence-electron chi connectivity index (χ2n) is 5.66. The lowest BCUT2D eigenvalue weighted by atomic mass is 9.85. The molecule has 0 aromatic rings. The molecule has 2 fully saturated rings. The van der Waals surface area contributed by atoms with Gasteiger partial charge in [-0.2, -0.15) is 0 Å². The average molecular weight is 292 g/mol. The fraction of sp³-hybridized carbons (Fsp3) is 0.600. The van der Waals surface area contributed by atoms with Crippen LogP contribution in [0.25, 0.3) is 0 Å². The topological polar surface area (TPSA) is 49.4 Å². The first kappa shape index (κ1) is 13.7. The molecular formula is C15H20N2O2S. The van der Waals surface area contributed by atoms with Crippen molar-refractivity contribution in [3.05, 3.63) is 22.8 Å². The van der Waals surface area contributed by atoms with Gasteiger partial charge in [-0.3, -0.25) is 9.59 Å². The fourth-order valence-electron chi connectivity index (χ4n) is 2.76. The molecule has 0 spiro atoms. The summed E-state index contributed by atoms with van der Waals surface area (Å²) >= 11 is 1.73. The van der Waals surface area contributed by atoms with Crippen molar-refractivity contribution >= 4 is 23.5 Å². The lowest BCUT2D eigenvalue weighted by Gasteiger charge is -2.25. The van der Waals surface area contributed by atoms with Crippen LogP contribution in [0.2, 0.25) is 0 Å². The Morgan fingerprint density at radius 1 is 1.50 bits per heavy atom. The fourth-order valence-corrected chi connectivity index (χ4v) is 4.10. The van der Waals surface area contributed by atoms with Crippen LogP contribution < -0.4 is 5.32 Å². The molecule has 5 heteroatoms. The van der Waals surface area contributed by atoms with E-state index >= 15 is 0 Å². The van der Waals surface area contributed by atoms with Crippen molar-refractivity contribution in [1.82, 2.24) is 10.2 Å². The van der Waals surface area contributed by atoms with Gasteiger partial charge in [0.1, 0.15) is 0 Å². The van der Waals surface area contributed by atoms with E-state index in [1.54, 1.807) is 17.8 Å². The number of rotatable bonds is 4. The van der Waals surface area contributed by atoms with Crippen LogP contribution in [0.15, 0.2) is 22.8 Å². The van der Waals surface area contributed by atoms with Crippen LogP contribution in [0.3, 0.4) is 0 Å². The van der Waals surface area contributed by atoms with E-state index in [2.05, 4.69) is 17.3 Å². The van der Waals surface area contributed by atoms with E-state index in [9.17, 15) is 9.59 Å². The summed E-state index contributed by atoms with van der Waals surface area (Å²) in [6.45, 7) is 0.714. The number of hydrogen-bond acceptors (Lipinski definition) is 4. The number of fused-ring (bicyclic) bond motifs is 1. The molecule has 1 atom stereocenters. The second-order valence-corrected chi connectivity index (χ2v) is 6.88. The summed E-state index contributed by atoms with van der Waals surface area (Å²) in [4.78, 5) is 26.5. The molecule has 0 aromatic carbocycles. The van der Waals surface area contributed by atoms with Crippen molar-refractivity contribution < 1.29 is 9.59 Å². The summed E-state index contributed by atoms with van der Waals surface area (Å²) in [5.41, 5.74) is 1.17. The molecule has 0 bridgehead atoms. The smallest absolute Gasteiger partial charge is 0.223 e. The zero-order chi connectivity index (χ0) is 14.1. The standard InChI is InChI=1S/C15H20N2O2S/c1-17-12-6-5-11(18)9-13(12)20-14(17)7-8-16-15(19)10-3-2-4-10/h6,9-10,14H,2-5,7-8H2,1H3,(H,16,19). The number of carbonyl (C=O) groups is 2. The van der Waals surface area contributed by atoms with Gasteiger partial charge in [0.05, 0.1) is 5.37 Å². The Bertz CT molecular complexity index is 494. The van der Waals surface area contributed by atoms with Crippen molar-refractivity contribution in [1.29, 1.82) is 0 Å². The number of nitrogens with zero attached hydrogens (tertiary/aromatic N) is 1. The number of ketones is 1. The number of hydrogen-bond donors (Lipinski definition) is 1. The van der Waals surface area contributed by atoms with Crippen LogP contribution in [-0.4, -0.2) is 35.6 Å².